The second-order valence-electron chi connectivity index (χ2n) is 7.36. The highest BCUT2D eigenvalue weighted by Gasteiger charge is 2.19. The van der Waals surface area contributed by atoms with Crippen molar-refractivity contribution in [3.05, 3.63) is 59.7 Å². The summed E-state index contributed by atoms with van der Waals surface area (Å²) in [5.74, 6) is -1.31. The lowest BCUT2D eigenvalue weighted by Gasteiger charge is -2.19. The molecule has 0 fully saturated rings. The van der Waals surface area contributed by atoms with Gasteiger partial charge in [0.05, 0.1) is 11.3 Å². The summed E-state index contributed by atoms with van der Waals surface area (Å²) < 4.78 is 10.2. The van der Waals surface area contributed by atoms with E-state index < -0.39 is 24.1 Å². The molecule has 0 spiro atoms. The number of thioether (sulfide) groups is 1. The molecule has 6 nitrogen and oxygen atoms in total. The van der Waals surface area contributed by atoms with Gasteiger partial charge in [0.25, 0.3) is 0 Å². The zero-order valence-corrected chi connectivity index (χ0v) is 17.8. The van der Waals surface area contributed by atoms with Crippen LogP contribution in [0.3, 0.4) is 0 Å². The van der Waals surface area contributed by atoms with Gasteiger partial charge in [-0.2, -0.15) is 0 Å². The van der Waals surface area contributed by atoms with Gasteiger partial charge in [0.2, 0.25) is 5.91 Å². The van der Waals surface area contributed by atoms with E-state index in [-0.39, 0.29) is 11.7 Å². The lowest BCUT2D eigenvalue weighted by Crippen LogP contribution is -2.27. The third-order valence-electron chi connectivity index (χ3n) is 3.54. The topological polar surface area (TPSA) is 81.7 Å². The molecule has 0 aromatic heterocycles. The number of aryl methyl sites for hydroxylation is 1. The van der Waals surface area contributed by atoms with Crippen LogP contribution in [0.5, 0.6) is 0 Å². The summed E-state index contributed by atoms with van der Waals surface area (Å²) in [6.07, 6.45) is 0. The minimum absolute atomic E-state index is 0.129. The number of nitrogens with one attached hydrogen (secondary N) is 1. The highest BCUT2D eigenvalue weighted by atomic mass is 32.2. The Kier molecular flexibility index (Phi) is 7.84. The smallest absolute Gasteiger partial charge is 0.344 e. The van der Waals surface area contributed by atoms with Gasteiger partial charge in [-0.15, -0.1) is 11.8 Å². The van der Waals surface area contributed by atoms with Crippen LogP contribution in [0.2, 0.25) is 0 Å². The van der Waals surface area contributed by atoms with Gasteiger partial charge in [0, 0.05) is 10.6 Å². The monoisotopic (exact) mass is 415 g/mol. The van der Waals surface area contributed by atoms with Crippen LogP contribution >= 0.6 is 11.8 Å². The van der Waals surface area contributed by atoms with Gasteiger partial charge in [0.15, 0.2) is 6.61 Å². The van der Waals surface area contributed by atoms with E-state index in [1.807, 2.05) is 31.2 Å². The number of rotatable bonds is 7. The van der Waals surface area contributed by atoms with E-state index in [4.69, 9.17) is 9.47 Å². The summed E-state index contributed by atoms with van der Waals surface area (Å²) >= 11 is 1.22. The first-order valence-electron chi connectivity index (χ1n) is 9.11. The molecule has 2 rings (SSSR count). The molecule has 2 aromatic rings. The summed E-state index contributed by atoms with van der Waals surface area (Å²) in [6, 6.07) is 14.3. The van der Waals surface area contributed by atoms with Crippen molar-refractivity contribution in [2.24, 2.45) is 0 Å². The fourth-order valence-corrected chi connectivity index (χ4v) is 3.15. The maximum Gasteiger partial charge on any atom is 0.344 e. The van der Waals surface area contributed by atoms with Crippen molar-refractivity contribution in [1.29, 1.82) is 0 Å². The molecule has 0 radical (unpaired) electrons. The number of hydrogen-bond donors (Lipinski definition) is 1. The van der Waals surface area contributed by atoms with Crippen molar-refractivity contribution in [2.75, 3.05) is 17.7 Å². The summed E-state index contributed by atoms with van der Waals surface area (Å²) in [7, 11) is 0. The minimum Gasteiger partial charge on any atom is -0.457 e. The van der Waals surface area contributed by atoms with Gasteiger partial charge in [-0.25, -0.2) is 9.59 Å². The Hall–Kier alpha value is -2.80. The molecule has 2 aromatic carbocycles. The predicted octanol–water partition coefficient (Wildman–Crippen LogP) is 4.22. The molecule has 0 heterocycles. The van der Waals surface area contributed by atoms with E-state index >= 15 is 0 Å². The van der Waals surface area contributed by atoms with Crippen molar-refractivity contribution in [2.45, 2.75) is 38.2 Å². The molecular weight excluding hydrogens is 390 g/mol. The van der Waals surface area contributed by atoms with E-state index in [2.05, 4.69) is 5.32 Å². The zero-order valence-electron chi connectivity index (χ0n) is 17.0. The summed E-state index contributed by atoms with van der Waals surface area (Å²) in [5.41, 5.74) is 1.47. The molecule has 0 aliphatic heterocycles. The molecule has 0 aliphatic rings. The van der Waals surface area contributed by atoms with Gasteiger partial charge in [-0.3, -0.25) is 4.79 Å². The number of amides is 1. The zero-order chi connectivity index (χ0) is 21.4. The average molecular weight is 416 g/mol. The molecule has 154 valence electrons. The SMILES string of the molecule is Cc1ccc(NC(=O)CSc2ccccc2C(=O)OCC(=O)OC(C)(C)C)cc1. The highest BCUT2D eigenvalue weighted by Crippen LogP contribution is 2.24. The van der Waals surface area contributed by atoms with Crippen molar-refractivity contribution >= 4 is 35.3 Å². The molecule has 0 bridgehead atoms. The first-order valence-corrected chi connectivity index (χ1v) is 10.1. The second-order valence-corrected chi connectivity index (χ2v) is 8.38. The Bertz CT molecular complexity index is 872. The van der Waals surface area contributed by atoms with Crippen LogP contribution < -0.4 is 5.32 Å². The molecule has 7 heteroatoms. The Labute approximate surface area is 175 Å². The highest BCUT2D eigenvalue weighted by molar-refractivity contribution is 8.00. The van der Waals surface area contributed by atoms with Crippen LogP contribution in [0.1, 0.15) is 36.7 Å². The van der Waals surface area contributed by atoms with Gasteiger partial charge < -0.3 is 14.8 Å². The third kappa shape index (κ3) is 7.99. The van der Waals surface area contributed by atoms with E-state index in [1.54, 1.807) is 45.0 Å². The molecule has 1 N–H and O–H groups in total. The summed E-state index contributed by atoms with van der Waals surface area (Å²) in [4.78, 5) is 36.9. The van der Waals surface area contributed by atoms with Crippen molar-refractivity contribution in [3.8, 4) is 0 Å². The van der Waals surface area contributed by atoms with Gasteiger partial charge in [0.1, 0.15) is 5.60 Å². The molecule has 0 saturated heterocycles. The first kappa shape index (κ1) is 22.5. The van der Waals surface area contributed by atoms with Crippen LogP contribution in [0, 0.1) is 6.92 Å². The number of hydrogen-bond acceptors (Lipinski definition) is 6. The van der Waals surface area contributed by atoms with E-state index in [0.717, 1.165) is 5.56 Å². The van der Waals surface area contributed by atoms with Crippen LogP contribution in [0.4, 0.5) is 5.69 Å². The standard InChI is InChI=1S/C22H25NO5S/c1-15-9-11-16(12-10-15)23-19(24)14-29-18-8-6-5-7-17(18)21(26)27-13-20(25)28-22(2,3)4/h5-12H,13-14H2,1-4H3,(H,23,24). The van der Waals surface area contributed by atoms with Crippen molar-refractivity contribution in [3.63, 3.8) is 0 Å². The normalized spacial score (nSPS) is 10.9. The average Bonchev–Trinajstić information content (AvgIpc) is 2.65. The van der Waals surface area contributed by atoms with Gasteiger partial charge in [-0.05, 0) is 52.0 Å². The summed E-state index contributed by atoms with van der Waals surface area (Å²) in [5, 5.41) is 2.81. The quantitative estimate of drug-likeness (QED) is 0.538. The van der Waals surface area contributed by atoms with Crippen LogP contribution in [-0.2, 0) is 19.1 Å². The number of anilines is 1. The molecule has 1 amide bonds. The number of ether oxygens (including phenoxy) is 2. The molecule has 0 aliphatic carbocycles. The largest absolute Gasteiger partial charge is 0.457 e. The van der Waals surface area contributed by atoms with Crippen LogP contribution in [0.25, 0.3) is 0 Å². The number of carbonyl (C=O) groups excluding carboxylic acids is 3. The van der Waals surface area contributed by atoms with Crippen LogP contribution in [0.15, 0.2) is 53.4 Å². The molecule has 29 heavy (non-hydrogen) atoms. The number of esters is 2. The maximum absolute atomic E-state index is 12.4. The van der Waals surface area contributed by atoms with Crippen molar-refractivity contribution in [1.82, 2.24) is 0 Å². The fraction of sp³-hybridized carbons (Fsp3) is 0.318. The van der Waals surface area contributed by atoms with E-state index in [0.29, 0.717) is 16.1 Å². The Morgan fingerprint density at radius 1 is 1.00 bits per heavy atom. The first-order chi connectivity index (χ1) is 13.6. The van der Waals surface area contributed by atoms with Crippen molar-refractivity contribution < 1.29 is 23.9 Å². The molecular formula is C22H25NO5S. The Balaban J connectivity index is 1.92. The van der Waals surface area contributed by atoms with Gasteiger partial charge in [-0.1, -0.05) is 29.8 Å². The number of carbonyl (C=O) groups is 3. The predicted molar refractivity (Wildman–Crippen MR) is 113 cm³/mol. The molecule has 0 atom stereocenters. The molecule has 0 saturated carbocycles. The fourth-order valence-electron chi connectivity index (χ4n) is 2.31. The lowest BCUT2D eigenvalue weighted by atomic mass is 10.2. The number of benzene rings is 2. The maximum atomic E-state index is 12.4. The summed E-state index contributed by atoms with van der Waals surface area (Å²) in [6.45, 7) is 6.71. The Morgan fingerprint density at radius 3 is 2.31 bits per heavy atom. The van der Waals surface area contributed by atoms with E-state index in [1.165, 1.54) is 11.8 Å². The second kappa shape index (κ2) is 10.1. The van der Waals surface area contributed by atoms with E-state index in [9.17, 15) is 14.4 Å². The lowest BCUT2D eigenvalue weighted by molar-refractivity contribution is -0.158. The Morgan fingerprint density at radius 2 is 1.66 bits per heavy atom. The molecule has 0 unspecified atom stereocenters. The third-order valence-corrected chi connectivity index (χ3v) is 4.62. The minimum atomic E-state index is -0.651. The van der Waals surface area contributed by atoms with Gasteiger partial charge >= 0.3 is 11.9 Å². The van der Waals surface area contributed by atoms with Crippen LogP contribution in [-0.4, -0.2) is 35.8 Å².